The number of ether oxygens (including phenoxy) is 1. The summed E-state index contributed by atoms with van der Waals surface area (Å²) in [6.45, 7) is 0. The number of para-hydroxylation sites is 1. The fourth-order valence-corrected chi connectivity index (χ4v) is 4.41. The Morgan fingerprint density at radius 1 is 1.14 bits per heavy atom. The maximum Gasteiger partial charge on any atom is 0.267 e. The molecule has 0 fully saturated rings. The standard InChI is InChI=1S/C18H12N6O3S2/c19-10-14-13(15-8-9-21-23-15)6-7-16(17(14)27-12-4-2-1-3-5-12)29(25,26)24-18-20-11-22-28-18/h1-9,11H,(H,21,23)(H,20,22,24). The number of H-pyrrole nitrogens is 1. The van der Waals surface area contributed by atoms with Crippen molar-refractivity contribution in [2.45, 2.75) is 4.90 Å². The Balaban J connectivity index is 1.89. The van der Waals surface area contributed by atoms with Crippen molar-refractivity contribution in [2.75, 3.05) is 4.72 Å². The van der Waals surface area contributed by atoms with E-state index >= 15 is 0 Å². The third kappa shape index (κ3) is 3.79. The monoisotopic (exact) mass is 424 g/mol. The summed E-state index contributed by atoms with van der Waals surface area (Å²) in [7, 11) is -4.10. The quantitative estimate of drug-likeness (QED) is 0.484. The Morgan fingerprint density at radius 3 is 2.62 bits per heavy atom. The lowest BCUT2D eigenvalue weighted by Crippen LogP contribution is -2.14. The number of anilines is 1. The van der Waals surface area contributed by atoms with E-state index in [0.717, 1.165) is 11.5 Å². The molecule has 2 N–H and O–H groups in total. The molecule has 4 rings (SSSR count). The highest BCUT2D eigenvalue weighted by Crippen LogP contribution is 2.38. The van der Waals surface area contributed by atoms with E-state index in [1.807, 2.05) is 0 Å². The zero-order valence-corrected chi connectivity index (χ0v) is 16.2. The number of nitrogens with zero attached hydrogens (tertiary/aromatic N) is 4. The number of aromatic nitrogens is 4. The van der Waals surface area contributed by atoms with Crippen LogP contribution in [0.3, 0.4) is 0 Å². The van der Waals surface area contributed by atoms with Crippen molar-refractivity contribution in [3.05, 3.63) is 66.6 Å². The molecular formula is C18H12N6O3S2. The van der Waals surface area contributed by atoms with Gasteiger partial charge in [0.25, 0.3) is 10.0 Å². The van der Waals surface area contributed by atoms with Crippen molar-refractivity contribution in [2.24, 2.45) is 0 Å². The van der Waals surface area contributed by atoms with Crippen molar-refractivity contribution >= 4 is 26.7 Å². The van der Waals surface area contributed by atoms with Crippen LogP contribution in [0, 0.1) is 11.3 Å². The molecule has 9 nitrogen and oxygen atoms in total. The average Bonchev–Trinajstić information content (AvgIpc) is 3.42. The zero-order chi connectivity index (χ0) is 20.3. The first-order valence-corrected chi connectivity index (χ1v) is 10.4. The molecule has 144 valence electrons. The molecule has 0 aliphatic heterocycles. The van der Waals surface area contributed by atoms with Gasteiger partial charge < -0.3 is 4.74 Å². The molecule has 0 radical (unpaired) electrons. The number of rotatable bonds is 6. The van der Waals surface area contributed by atoms with E-state index in [1.54, 1.807) is 36.4 Å². The topological polar surface area (TPSA) is 134 Å². The first-order chi connectivity index (χ1) is 14.1. The Morgan fingerprint density at radius 2 is 1.97 bits per heavy atom. The summed E-state index contributed by atoms with van der Waals surface area (Å²) in [5, 5.41) is 16.6. The van der Waals surface area contributed by atoms with Gasteiger partial charge in [0.15, 0.2) is 5.75 Å². The second-order valence-electron chi connectivity index (χ2n) is 5.66. The summed E-state index contributed by atoms with van der Waals surface area (Å²) in [4.78, 5) is 3.64. The van der Waals surface area contributed by atoms with E-state index in [0.29, 0.717) is 17.0 Å². The van der Waals surface area contributed by atoms with Gasteiger partial charge in [-0.1, -0.05) is 18.2 Å². The lowest BCUT2D eigenvalue weighted by molar-refractivity contribution is 0.466. The van der Waals surface area contributed by atoms with E-state index in [2.05, 4.69) is 30.3 Å². The lowest BCUT2D eigenvalue weighted by Gasteiger charge is -2.15. The minimum atomic E-state index is -4.10. The van der Waals surface area contributed by atoms with E-state index in [9.17, 15) is 13.7 Å². The van der Waals surface area contributed by atoms with Gasteiger partial charge >= 0.3 is 0 Å². The molecule has 4 aromatic rings. The largest absolute Gasteiger partial charge is 0.455 e. The summed E-state index contributed by atoms with van der Waals surface area (Å²) >= 11 is 0.895. The minimum Gasteiger partial charge on any atom is -0.455 e. The Hall–Kier alpha value is -3.75. The van der Waals surface area contributed by atoms with Crippen molar-refractivity contribution in [1.82, 2.24) is 19.6 Å². The van der Waals surface area contributed by atoms with Gasteiger partial charge in [-0.25, -0.2) is 13.4 Å². The molecule has 11 heteroatoms. The van der Waals surface area contributed by atoms with Crippen LogP contribution in [0.2, 0.25) is 0 Å². The van der Waals surface area contributed by atoms with Crippen LogP contribution in [0.25, 0.3) is 11.3 Å². The molecule has 0 aliphatic carbocycles. The van der Waals surface area contributed by atoms with E-state index in [4.69, 9.17) is 4.74 Å². The number of aromatic amines is 1. The second-order valence-corrected chi connectivity index (χ2v) is 8.10. The molecule has 0 aliphatic rings. The molecule has 2 heterocycles. The van der Waals surface area contributed by atoms with Gasteiger partial charge in [0.2, 0.25) is 5.13 Å². The van der Waals surface area contributed by atoms with Crippen LogP contribution < -0.4 is 9.46 Å². The number of hydrogen-bond donors (Lipinski definition) is 2. The summed E-state index contributed by atoms with van der Waals surface area (Å²) in [6, 6.07) is 15.2. The molecule has 0 amide bonds. The van der Waals surface area contributed by atoms with Crippen LogP contribution >= 0.6 is 11.5 Å². The van der Waals surface area contributed by atoms with Crippen LogP contribution in [0.4, 0.5) is 5.13 Å². The molecule has 0 atom stereocenters. The Kier molecular flexibility index (Phi) is 4.94. The van der Waals surface area contributed by atoms with Gasteiger partial charge in [0, 0.05) is 23.3 Å². The molecule has 0 unspecified atom stereocenters. The van der Waals surface area contributed by atoms with Crippen LogP contribution in [-0.2, 0) is 10.0 Å². The molecule has 2 aromatic carbocycles. The predicted molar refractivity (Wildman–Crippen MR) is 106 cm³/mol. The van der Waals surface area contributed by atoms with Crippen molar-refractivity contribution in [3.63, 3.8) is 0 Å². The highest BCUT2D eigenvalue weighted by atomic mass is 32.2. The van der Waals surface area contributed by atoms with Crippen molar-refractivity contribution < 1.29 is 13.2 Å². The van der Waals surface area contributed by atoms with Crippen LogP contribution in [0.1, 0.15) is 5.56 Å². The molecule has 0 saturated heterocycles. The molecule has 2 aromatic heterocycles. The number of hydrogen-bond acceptors (Lipinski definition) is 8. The summed E-state index contributed by atoms with van der Waals surface area (Å²) < 4.78 is 38.0. The molecule has 0 saturated carbocycles. The van der Waals surface area contributed by atoms with Gasteiger partial charge in [0.1, 0.15) is 28.6 Å². The van der Waals surface area contributed by atoms with Gasteiger partial charge in [0.05, 0.1) is 5.69 Å². The molecule has 0 bridgehead atoms. The SMILES string of the molecule is N#Cc1c(-c2ccn[nH]2)ccc(S(=O)(=O)Nc2ncns2)c1Oc1ccccc1. The van der Waals surface area contributed by atoms with E-state index < -0.39 is 10.0 Å². The smallest absolute Gasteiger partial charge is 0.267 e. The first-order valence-electron chi connectivity index (χ1n) is 8.18. The minimum absolute atomic E-state index is 0.0539. The van der Waals surface area contributed by atoms with Crippen molar-refractivity contribution in [1.29, 1.82) is 5.26 Å². The number of nitriles is 1. The van der Waals surface area contributed by atoms with Crippen LogP contribution in [0.15, 0.2) is 66.0 Å². The highest BCUT2D eigenvalue weighted by molar-refractivity contribution is 7.93. The number of sulfonamides is 1. The maximum absolute atomic E-state index is 13.0. The second kappa shape index (κ2) is 7.70. The first kappa shape index (κ1) is 18.6. The highest BCUT2D eigenvalue weighted by Gasteiger charge is 2.27. The Bertz CT molecular complexity index is 1270. The summed E-state index contributed by atoms with van der Waals surface area (Å²) in [5.74, 6) is 0.293. The van der Waals surface area contributed by atoms with Crippen molar-refractivity contribution in [3.8, 4) is 28.8 Å². The third-order valence-electron chi connectivity index (χ3n) is 3.86. The maximum atomic E-state index is 13.0. The van der Waals surface area contributed by atoms with Gasteiger partial charge in [-0.05, 0) is 30.3 Å². The molecular weight excluding hydrogens is 412 g/mol. The van der Waals surface area contributed by atoms with Gasteiger partial charge in [-0.15, -0.1) is 0 Å². The molecule has 0 spiro atoms. The van der Waals surface area contributed by atoms with Crippen LogP contribution in [0.5, 0.6) is 11.5 Å². The van der Waals surface area contributed by atoms with E-state index in [-0.39, 0.29) is 21.3 Å². The number of benzene rings is 2. The number of nitrogens with one attached hydrogen (secondary N) is 2. The third-order valence-corrected chi connectivity index (χ3v) is 5.93. The van der Waals surface area contributed by atoms with Gasteiger partial charge in [-0.2, -0.15) is 14.7 Å². The van der Waals surface area contributed by atoms with Gasteiger partial charge in [-0.3, -0.25) is 9.82 Å². The predicted octanol–water partition coefficient (Wildman–Crippen LogP) is 3.39. The molecule has 29 heavy (non-hydrogen) atoms. The zero-order valence-electron chi connectivity index (χ0n) is 14.6. The van der Waals surface area contributed by atoms with Crippen LogP contribution in [-0.4, -0.2) is 28.0 Å². The Labute approximate surface area is 169 Å². The summed E-state index contributed by atoms with van der Waals surface area (Å²) in [6.07, 6.45) is 2.78. The normalized spacial score (nSPS) is 11.0. The average molecular weight is 424 g/mol. The lowest BCUT2D eigenvalue weighted by atomic mass is 10.0. The fourth-order valence-electron chi connectivity index (χ4n) is 2.61. The fraction of sp³-hybridized carbons (Fsp3) is 0. The van der Waals surface area contributed by atoms with E-state index in [1.165, 1.54) is 24.7 Å². The summed E-state index contributed by atoms with van der Waals surface area (Å²) in [5.41, 5.74) is 1.07.